The Bertz CT molecular complexity index is 757. The first-order chi connectivity index (χ1) is 13.7. The van der Waals surface area contributed by atoms with Crippen LogP contribution in [0.25, 0.3) is 0 Å². The van der Waals surface area contributed by atoms with E-state index in [0.29, 0.717) is 17.8 Å². The van der Waals surface area contributed by atoms with E-state index in [-0.39, 0.29) is 17.2 Å². The highest BCUT2D eigenvalue weighted by Gasteiger charge is 2.51. The lowest BCUT2D eigenvalue weighted by Gasteiger charge is -2.56. The van der Waals surface area contributed by atoms with Gasteiger partial charge in [-0.25, -0.2) is 4.79 Å². The van der Waals surface area contributed by atoms with Crippen molar-refractivity contribution in [2.75, 3.05) is 13.2 Å². The van der Waals surface area contributed by atoms with Gasteiger partial charge in [-0.05, 0) is 74.5 Å². The van der Waals surface area contributed by atoms with E-state index in [1.54, 1.807) is 0 Å². The Morgan fingerprint density at radius 1 is 1.03 bits per heavy atom. The highest BCUT2D eigenvalue weighted by atomic mass is 19.4. The molecule has 1 amide bonds. The number of hydrogen-bond acceptors (Lipinski definition) is 4. The van der Waals surface area contributed by atoms with Gasteiger partial charge in [-0.3, -0.25) is 4.79 Å². The van der Waals surface area contributed by atoms with Gasteiger partial charge >= 0.3 is 12.1 Å². The molecule has 1 aromatic rings. The summed E-state index contributed by atoms with van der Waals surface area (Å²) in [7, 11) is 0. The van der Waals surface area contributed by atoms with Gasteiger partial charge < -0.3 is 14.8 Å². The number of esters is 1. The normalized spacial score (nSPS) is 30.1. The van der Waals surface area contributed by atoms with Crippen molar-refractivity contribution in [2.24, 2.45) is 17.8 Å². The van der Waals surface area contributed by atoms with Gasteiger partial charge in [0.15, 0.2) is 13.2 Å². The number of carbonyl (C=O) groups excluding carboxylic acids is 2. The molecule has 5 nitrogen and oxygen atoms in total. The van der Waals surface area contributed by atoms with Gasteiger partial charge in [0.2, 0.25) is 0 Å². The van der Waals surface area contributed by atoms with Gasteiger partial charge in [-0.2, -0.15) is 13.2 Å². The maximum absolute atomic E-state index is 12.7. The molecule has 4 saturated carbocycles. The summed E-state index contributed by atoms with van der Waals surface area (Å²) in [5.41, 5.74) is -1.02. The third-order valence-corrected chi connectivity index (χ3v) is 6.33. The van der Waals surface area contributed by atoms with E-state index >= 15 is 0 Å². The summed E-state index contributed by atoms with van der Waals surface area (Å²) in [6.45, 7) is -0.974. The second-order valence-corrected chi connectivity index (χ2v) is 8.72. The number of amides is 1. The topological polar surface area (TPSA) is 64.6 Å². The Balaban J connectivity index is 1.22. The van der Waals surface area contributed by atoms with Crippen molar-refractivity contribution < 1.29 is 32.2 Å². The molecule has 4 fully saturated rings. The first-order valence-electron chi connectivity index (χ1n) is 9.97. The van der Waals surface area contributed by atoms with E-state index < -0.39 is 30.9 Å². The fraction of sp³-hybridized carbons (Fsp3) is 0.619. The molecule has 4 bridgehead atoms. The van der Waals surface area contributed by atoms with Crippen molar-refractivity contribution in [2.45, 2.75) is 50.2 Å². The molecule has 0 heterocycles. The number of hydrogen-bond donors (Lipinski definition) is 1. The molecule has 5 rings (SSSR count). The summed E-state index contributed by atoms with van der Waals surface area (Å²) in [6, 6.07) is 4.25. The summed E-state index contributed by atoms with van der Waals surface area (Å²) < 4.78 is 48.1. The van der Waals surface area contributed by atoms with Crippen LogP contribution in [0.15, 0.2) is 24.3 Å². The third-order valence-electron chi connectivity index (χ3n) is 6.33. The van der Waals surface area contributed by atoms with Gasteiger partial charge in [-0.1, -0.05) is 6.07 Å². The minimum atomic E-state index is -4.49. The number of nitrogens with one attached hydrogen (secondary N) is 1. The lowest BCUT2D eigenvalue weighted by Crippen LogP contribution is -2.60. The predicted molar refractivity (Wildman–Crippen MR) is 96.9 cm³/mol. The van der Waals surface area contributed by atoms with Crippen LogP contribution in [-0.4, -0.2) is 30.6 Å². The Morgan fingerprint density at radius 3 is 2.24 bits per heavy atom. The fourth-order valence-corrected chi connectivity index (χ4v) is 5.69. The average Bonchev–Trinajstić information content (AvgIpc) is 2.63. The number of alkyl halides is 3. The second-order valence-electron chi connectivity index (χ2n) is 8.72. The van der Waals surface area contributed by atoms with Crippen LogP contribution in [0, 0.1) is 17.8 Å². The van der Waals surface area contributed by atoms with Crippen molar-refractivity contribution in [3.63, 3.8) is 0 Å². The molecule has 0 unspecified atom stereocenters. The predicted octanol–water partition coefficient (Wildman–Crippen LogP) is 3.71. The van der Waals surface area contributed by atoms with Gasteiger partial charge in [0.25, 0.3) is 5.91 Å². The highest BCUT2D eigenvalue weighted by Crippen LogP contribution is 2.55. The molecular weight excluding hydrogens is 387 g/mol. The molecule has 1 aromatic carbocycles. The minimum absolute atomic E-state index is 0.0882. The molecule has 1 N–H and O–H groups in total. The molecule has 0 atom stereocenters. The fourth-order valence-electron chi connectivity index (χ4n) is 5.69. The van der Waals surface area contributed by atoms with E-state index in [2.05, 4.69) is 5.32 Å². The summed E-state index contributed by atoms with van der Waals surface area (Å²) >= 11 is 0. The number of benzene rings is 1. The lowest BCUT2D eigenvalue weighted by atomic mass is 9.53. The van der Waals surface area contributed by atoms with Crippen LogP contribution in [0.4, 0.5) is 13.2 Å². The molecular formula is C21H24F3NO4. The zero-order valence-electron chi connectivity index (χ0n) is 16.0. The van der Waals surface area contributed by atoms with Crippen LogP contribution in [-0.2, 0) is 20.5 Å². The lowest BCUT2D eigenvalue weighted by molar-refractivity contribution is -0.151. The van der Waals surface area contributed by atoms with Crippen LogP contribution >= 0.6 is 0 Å². The maximum Gasteiger partial charge on any atom is 0.416 e. The number of ether oxygens (including phenoxy) is 2. The van der Waals surface area contributed by atoms with Crippen LogP contribution < -0.4 is 10.1 Å². The molecule has 158 valence electrons. The zero-order valence-corrected chi connectivity index (χ0v) is 16.0. The van der Waals surface area contributed by atoms with Crippen molar-refractivity contribution in [1.29, 1.82) is 0 Å². The van der Waals surface area contributed by atoms with Gasteiger partial charge in [-0.15, -0.1) is 0 Å². The molecule has 0 radical (unpaired) electrons. The number of carbonyl (C=O) groups is 2. The largest absolute Gasteiger partial charge is 0.482 e. The zero-order chi connectivity index (χ0) is 20.6. The first-order valence-corrected chi connectivity index (χ1v) is 9.97. The molecule has 29 heavy (non-hydrogen) atoms. The molecule has 0 saturated heterocycles. The van der Waals surface area contributed by atoms with Crippen molar-refractivity contribution >= 4 is 11.9 Å². The molecule has 8 heteroatoms. The monoisotopic (exact) mass is 411 g/mol. The minimum Gasteiger partial charge on any atom is -0.482 e. The molecule has 0 aliphatic heterocycles. The van der Waals surface area contributed by atoms with Crippen LogP contribution in [0.3, 0.4) is 0 Å². The number of rotatable bonds is 6. The van der Waals surface area contributed by atoms with Crippen LogP contribution in [0.2, 0.25) is 0 Å². The van der Waals surface area contributed by atoms with Gasteiger partial charge in [0.05, 0.1) is 5.56 Å². The third kappa shape index (κ3) is 4.67. The van der Waals surface area contributed by atoms with Crippen molar-refractivity contribution in [3.05, 3.63) is 29.8 Å². The van der Waals surface area contributed by atoms with E-state index in [0.717, 1.165) is 31.4 Å². The molecule has 0 aromatic heterocycles. The summed E-state index contributed by atoms with van der Waals surface area (Å²) in [4.78, 5) is 24.1. The second kappa shape index (κ2) is 7.54. The highest BCUT2D eigenvalue weighted by molar-refractivity contribution is 5.81. The quantitative estimate of drug-likeness (QED) is 0.725. The van der Waals surface area contributed by atoms with Crippen LogP contribution in [0.1, 0.15) is 44.1 Å². The standard InChI is InChI=1S/C21H24F3NO4/c22-21(23,24)16-2-1-3-17(7-16)28-12-19(27)29-11-18(26)25-20-8-13-4-14(9-20)6-15(5-13)10-20/h1-3,7,13-15H,4-6,8-12H2,(H,25,26). The Kier molecular flexibility index (Phi) is 5.21. The van der Waals surface area contributed by atoms with Crippen molar-refractivity contribution in [3.8, 4) is 5.75 Å². The Hall–Kier alpha value is -2.25. The Morgan fingerprint density at radius 2 is 1.66 bits per heavy atom. The average molecular weight is 411 g/mol. The smallest absolute Gasteiger partial charge is 0.416 e. The SMILES string of the molecule is O=C(COC(=O)COc1cccc(C(F)(F)F)c1)NC12CC3CC(CC(C3)C1)C2. The Labute approximate surface area is 166 Å². The van der Waals surface area contributed by atoms with Gasteiger partial charge in [0, 0.05) is 5.54 Å². The molecule has 0 spiro atoms. The van der Waals surface area contributed by atoms with Crippen molar-refractivity contribution in [1.82, 2.24) is 5.32 Å². The van der Waals surface area contributed by atoms with E-state index in [1.165, 1.54) is 31.4 Å². The van der Waals surface area contributed by atoms with Crippen LogP contribution in [0.5, 0.6) is 5.75 Å². The molecule has 4 aliphatic carbocycles. The summed E-state index contributed by atoms with van der Waals surface area (Å²) in [5.74, 6) is 0.831. The van der Waals surface area contributed by atoms with E-state index in [9.17, 15) is 22.8 Å². The first kappa shape index (κ1) is 20.0. The van der Waals surface area contributed by atoms with Gasteiger partial charge in [0.1, 0.15) is 5.75 Å². The molecule has 4 aliphatic rings. The number of halogens is 3. The maximum atomic E-state index is 12.7. The summed E-state index contributed by atoms with van der Waals surface area (Å²) in [5, 5.41) is 3.10. The van der Waals surface area contributed by atoms with E-state index in [1.807, 2.05) is 0 Å². The summed E-state index contributed by atoms with van der Waals surface area (Å²) in [6.07, 6.45) is 2.28. The van der Waals surface area contributed by atoms with E-state index in [4.69, 9.17) is 9.47 Å².